The molecule has 4 rings (SSSR count). The van der Waals surface area contributed by atoms with Crippen LogP contribution in [0.4, 0.5) is 13.2 Å². The molecule has 0 N–H and O–H groups in total. The normalized spacial score (nSPS) is 18.5. The zero-order valence-corrected chi connectivity index (χ0v) is 26.0. The summed E-state index contributed by atoms with van der Waals surface area (Å²) in [6, 6.07) is 7.01. The molecule has 230 valence electrons. The summed E-state index contributed by atoms with van der Waals surface area (Å²) in [4.78, 5) is 34.3. The Morgan fingerprint density at radius 3 is 2.19 bits per heavy atom. The number of rotatable bonds is 9. The maximum atomic E-state index is 14.4. The Hall–Kier alpha value is -2.33. The topological polar surface area (TPSA) is 47.1 Å². The molecule has 42 heavy (non-hydrogen) atoms. The first kappa shape index (κ1) is 32.6. The van der Waals surface area contributed by atoms with Gasteiger partial charge in [-0.2, -0.15) is 0 Å². The maximum absolute atomic E-state index is 14.4. The molecule has 0 bridgehead atoms. The summed E-state index contributed by atoms with van der Waals surface area (Å²) >= 11 is 12.5. The first-order chi connectivity index (χ1) is 19.9. The van der Waals surface area contributed by atoms with Crippen LogP contribution in [0.5, 0.6) is 0 Å². The van der Waals surface area contributed by atoms with Crippen molar-refractivity contribution < 1.29 is 22.8 Å². The third-order valence-electron chi connectivity index (χ3n) is 8.76. The third kappa shape index (κ3) is 7.07. The number of benzene rings is 2. The van der Waals surface area contributed by atoms with E-state index in [0.717, 1.165) is 69.6 Å². The van der Waals surface area contributed by atoms with E-state index in [-0.39, 0.29) is 18.4 Å². The molecule has 2 saturated heterocycles. The Morgan fingerprint density at radius 1 is 0.905 bits per heavy atom. The van der Waals surface area contributed by atoms with Gasteiger partial charge in [0.05, 0.1) is 15.6 Å². The zero-order chi connectivity index (χ0) is 30.6. The standard InChI is InChI=1S/C31H39Cl2F3N4O2/c1-37(2)30(42)31(40-14-5-4-6-15-40)12-17-39(18-13-31)16-11-22(21-7-9-24(32)25(33)19-21)20-38(3)29(41)23-8-10-26(34)28(36)27(23)35/h7-10,19,22H,4-6,11-18,20H2,1-3H3. The predicted molar refractivity (Wildman–Crippen MR) is 160 cm³/mol. The van der Waals surface area contributed by atoms with Crippen LogP contribution in [0.3, 0.4) is 0 Å². The van der Waals surface area contributed by atoms with Crippen LogP contribution in [0.2, 0.25) is 10.0 Å². The lowest BCUT2D eigenvalue weighted by Gasteiger charge is -2.50. The number of carbonyl (C=O) groups excluding carboxylic acids is 2. The average molecular weight is 628 g/mol. The van der Waals surface area contributed by atoms with Crippen LogP contribution in [0.1, 0.15) is 60.4 Å². The van der Waals surface area contributed by atoms with Crippen LogP contribution >= 0.6 is 23.2 Å². The predicted octanol–water partition coefficient (Wildman–Crippen LogP) is 6.07. The van der Waals surface area contributed by atoms with Crippen LogP contribution in [-0.4, -0.2) is 97.4 Å². The molecule has 0 saturated carbocycles. The Bertz CT molecular complexity index is 1280. The van der Waals surface area contributed by atoms with Gasteiger partial charge in [0.15, 0.2) is 17.5 Å². The Balaban J connectivity index is 1.48. The molecular formula is C31H39Cl2F3N4O2. The Kier molecular flexibility index (Phi) is 10.8. The molecule has 6 nitrogen and oxygen atoms in total. The number of likely N-dealkylation sites (tertiary alicyclic amines) is 2. The molecule has 2 fully saturated rings. The molecule has 11 heteroatoms. The zero-order valence-electron chi connectivity index (χ0n) is 24.4. The highest BCUT2D eigenvalue weighted by molar-refractivity contribution is 6.42. The van der Waals surface area contributed by atoms with E-state index in [0.29, 0.717) is 23.0 Å². The fraction of sp³-hybridized carbons (Fsp3) is 0.548. The molecule has 0 aliphatic carbocycles. The Morgan fingerprint density at radius 2 is 1.57 bits per heavy atom. The van der Waals surface area contributed by atoms with E-state index in [2.05, 4.69) is 9.80 Å². The van der Waals surface area contributed by atoms with E-state index in [9.17, 15) is 22.8 Å². The van der Waals surface area contributed by atoms with E-state index in [1.807, 2.05) is 20.2 Å². The highest BCUT2D eigenvalue weighted by Gasteiger charge is 2.47. The van der Waals surface area contributed by atoms with Gasteiger partial charge >= 0.3 is 0 Å². The van der Waals surface area contributed by atoms with Crippen molar-refractivity contribution in [1.82, 2.24) is 19.6 Å². The SMILES string of the molecule is CN(C)C(=O)C1(N2CCCCC2)CCN(CCC(CN(C)C(=O)c2ccc(F)c(F)c2F)c2ccc(Cl)c(Cl)c2)CC1. The lowest BCUT2D eigenvalue weighted by Crippen LogP contribution is -2.64. The van der Waals surface area contributed by atoms with E-state index in [1.54, 1.807) is 17.0 Å². The Labute approximate surface area is 256 Å². The molecule has 2 aliphatic rings. The number of carbonyl (C=O) groups is 2. The maximum Gasteiger partial charge on any atom is 0.256 e. The molecule has 2 amide bonds. The van der Waals surface area contributed by atoms with Crippen molar-refractivity contribution in [2.75, 3.05) is 60.4 Å². The fourth-order valence-corrected chi connectivity index (χ4v) is 6.63. The summed E-state index contributed by atoms with van der Waals surface area (Å²) in [6.07, 6.45) is 5.56. The van der Waals surface area contributed by atoms with Crippen molar-refractivity contribution in [3.8, 4) is 0 Å². The number of piperidine rings is 2. The second-order valence-electron chi connectivity index (χ2n) is 11.7. The first-order valence-electron chi connectivity index (χ1n) is 14.5. The number of hydrogen-bond acceptors (Lipinski definition) is 4. The van der Waals surface area contributed by atoms with Crippen LogP contribution in [0.25, 0.3) is 0 Å². The fourth-order valence-electron chi connectivity index (χ4n) is 6.33. The van der Waals surface area contributed by atoms with Crippen molar-refractivity contribution in [2.24, 2.45) is 0 Å². The highest BCUT2D eigenvalue weighted by Crippen LogP contribution is 2.34. The monoisotopic (exact) mass is 626 g/mol. The lowest BCUT2D eigenvalue weighted by molar-refractivity contribution is -0.147. The van der Waals surface area contributed by atoms with Gasteiger partial charge in [-0.1, -0.05) is 35.7 Å². The molecule has 1 atom stereocenters. The summed E-state index contributed by atoms with van der Waals surface area (Å²) in [5, 5.41) is 0.786. The minimum atomic E-state index is -1.67. The first-order valence-corrected chi connectivity index (χ1v) is 15.2. The van der Waals surface area contributed by atoms with Gasteiger partial charge in [-0.05, 0) is 81.6 Å². The second kappa shape index (κ2) is 14.0. The van der Waals surface area contributed by atoms with Crippen molar-refractivity contribution in [3.05, 3.63) is 69.0 Å². The van der Waals surface area contributed by atoms with Crippen LogP contribution in [0.15, 0.2) is 30.3 Å². The largest absolute Gasteiger partial charge is 0.347 e. The number of likely N-dealkylation sites (N-methyl/N-ethyl adjacent to an activating group) is 2. The van der Waals surface area contributed by atoms with Crippen molar-refractivity contribution in [3.63, 3.8) is 0 Å². The van der Waals surface area contributed by atoms with E-state index in [4.69, 9.17) is 23.2 Å². The summed E-state index contributed by atoms with van der Waals surface area (Å²) in [5.74, 6) is -5.30. The summed E-state index contributed by atoms with van der Waals surface area (Å²) in [6.45, 7) is 4.31. The van der Waals surface area contributed by atoms with E-state index in [1.165, 1.54) is 18.4 Å². The quantitative estimate of drug-likeness (QED) is 0.317. The smallest absolute Gasteiger partial charge is 0.256 e. The van der Waals surface area contributed by atoms with Crippen LogP contribution < -0.4 is 0 Å². The number of hydrogen-bond donors (Lipinski definition) is 0. The molecule has 1 unspecified atom stereocenters. The van der Waals surface area contributed by atoms with Crippen LogP contribution in [-0.2, 0) is 4.79 Å². The summed E-state index contributed by atoms with van der Waals surface area (Å²) < 4.78 is 41.7. The van der Waals surface area contributed by atoms with Gasteiger partial charge < -0.3 is 14.7 Å². The minimum Gasteiger partial charge on any atom is -0.347 e. The van der Waals surface area contributed by atoms with Gasteiger partial charge in [0.1, 0.15) is 5.54 Å². The highest BCUT2D eigenvalue weighted by atomic mass is 35.5. The lowest BCUT2D eigenvalue weighted by atomic mass is 9.82. The van der Waals surface area contributed by atoms with Crippen LogP contribution in [0, 0.1) is 17.5 Å². The summed E-state index contributed by atoms with van der Waals surface area (Å²) in [5.41, 5.74) is -0.151. The molecule has 2 aromatic rings. The van der Waals surface area contributed by atoms with Crippen molar-refractivity contribution in [1.29, 1.82) is 0 Å². The molecule has 0 radical (unpaired) electrons. The molecule has 2 aromatic carbocycles. The van der Waals surface area contributed by atoms with Gasteiger partial charge in [-0.15, -0.1) is 0 Å². The van der Waals surface area contributed by atoms with Crippen molar-refractivity contribution >= 4 is 35.0 Å². The van der Waals surface area contributed by atoms with Gasteiger partial charge in [0.2, 0.25) is 5.91 Å². The molecule has 2 heterocycles. The second-order valence-corrected chi connectivity index (χ2v) is 12.5. The average Bonchev–Trinajstić information content (AvgIpc) is 2.99. The molecule has 0 aromatic heterocycles. The van der Waals surface area contributed by atoms with E-state index < -0.39 is 34.5 Å². The third-order valence-corrected chi connectivity index (χ3v) is 9.50. The number of halogens is 5. The van der Waals surface area contributed by atoms with Crippen molar-refractivity contribution in [2.45, 2.75) is 50.0 Å². The molecular weight excluding hydrogens is 588 g/mol. The number of amides is 2. The minimum absolute atomic E-state index is 0.169. The summed E-state index contributed by atoms with van der Waals surface area (Å²) in [7, 11) is 5.16. The van der Waals surface area contributed by atoms with Gasteiger partial charge in [0.25, 0.3) is 5.91 Å². The number of nitrogens with zero attached hydrogens (tertiary/aromatic N) is 4. The molecule has 2 aliphatic heterocycles. The van der Waals surface area contributed by atoms with Gasteiger partial charge in [-0.3, -0.25) is 14.5 Å². The van der Waals surface area contributed by atoms with Gasteiger partial charge in [0, 0.05) is 46.7 Å². The molecule has 0 spiro atoms. The van der Waals surface area contributed by atoms with E-state index >= 15 is 0 Å². The van der Waals surface area contributed by atoms with Gasteiger partial charge in [-0.25, -0.2) is 13.2 Å².